The van der Waals surface area contributed by atoms with Gasteiger partial charge < -0.3 is 19.3 Å². The van der Waals surface area contributed by atoms with Gasteiger partial charge >= 0.3 is 0 Å². The molecule has 0 spiro atoms. The second-order valence-electron chi connectivity index (χ2n) is 8.96. The van der Waals surface area contributed by atoms with Crippen LogP contribution >= 0.6 is 58.0 Å². The number of nitrogens with zero attached hydrogens (tertiary/aromatic N) is 4. The SMILES string of the molecule is C[C@]1(O)C(n2ncc3c(Cl)ncnc32)O[C@H](COCc2ccc(Cl)cc2Cl)[C@H]1OCc1ccc(Cl)cc1Cl. The normalized spacial score (nSPS) is 23.4. The Kier molecular flexibility index (Phi) is 8.36. The van der Waals surface area contributed by atoms with Crippen LogP contribution in [0.25, 0.3) is 11.0 Å². The number of hydrogen-bond donors (Lipinski definition) is 1. The van der Waals surface area contributed by atoms with Crippen molar-refractivity contribution >= 4 is 69.0 Å². The summed E-state index contributed by atoms with van der Waals surface area (Å²) in [5, 5.41) is 18.8. The van der Waals surface area contributed by atoms with Gasteiger partial charge in [0.25, 0.3) is 0 Å². The van der Waals surface area contributed by atoms with Gasteiger partial charge in [-0.1, -0.05) is 70.1 Å². The van der Waals surface area contributed by atoms with Crippen LogP contribution in [0.5, 0.6) is 0 Å². The third-order valence-electron chi connectivity index (χ3n) is 6.27. The first-order chi connectivity index (χ1) is 18.1. The van der Waals surface area contributed by atoms with Crippen LogP contribution in [0.4, 0.5) is 0 Å². The molecule has 38 heavy (non-hydrogen) atoms. The summed E-state index contributed by atoms with van der Waals surface area (Å²) in [6.07, 6.45) is 0.344. The molecule has 1 unspecified atom stereocenters. The lowest BCUT2D eigenvalue weighted by atomic mass is 9.96. The molecular formula is C25H21Cl5N4O4. The number of hydrogen-bond acceptors (Lipinski definition) is 7. The van der Waals surface area contributed by atoms with E-state index in [1.165, 1.54) is 17.2 Å². The number of aliphatic hydroxyl groups is 1. The first-order valence-corrected chi connectivity index (χ1v) is 13.3. The fourth-order valence-corrected chi connectivity index (χ4v) is 5.45. The third-order valence-corrected chi connectivity index (χ3v) is 7.75. The number of rotatable bonds is 8. The number of fused-ring (bicyclic) bond motifs is 1. The van der Waals surface area contributed by atoms with E-state index in [2.05, 4.69) is 15.1 Å². The van der Waals surface area contributed by atoms with Crippen molar-refractivity contribution in [3.63, 3.8) is 0 Å². The quantitative estimate of drug-likeness (QED) is 0.224. The molecular weight excluding hydrogens is 598 g/mol. The summed E-state index contributed by atoms with van der Waals surface area (Å²) in [5.41, 5.74) is 0.310. The largest absolute Gasteiger partial charge is 0.383 e. The summed E-state index contributed by atoms with van der Waals surface area (Å²) in [7, 11) is 0. The molecule has 1 aliphatic heterocycles. The fraction of sp³-hybridized carbons (Fsp3) is 0.320. The van der Waals surface area contributed by atoms with Crippen molar-refractivity contribution in [2.75, 3.05) is 6.61 Å². The molecule has 4 atom stereocenters. The van der Waals surface area contributed by atoms with Gasteiger partial charge in [0.15, 0.2) is 11.9 Å². The molecule has 2 aromatic carbocycles. The van der Waals surface area contributed by atoms with Gasteiger partial charge in [-0.15, -0.1) is 0 Å². The predicted molar refractivity (Wildman–Crippen MR) is 146 cm³/mol. The van der Waals surface area contributed by atoms with Crippen molar-refractivity contribution in [2.24, 2.45) is 0 Å². The van der Waals surface area contributed by atoms with Crippen LogP contribution in [0.2, 0.25) is 25.2 Å². The van der Waals surface area contributed by atoms with E-state index in [4.69, 9.17) is 72.2 Å². The Morgan fingerprint density at radius 2 is 1.63 bits per heavy atom. The van der Waals surface area contributed by atoms with E-state index >= 15 is 0 Å². The van der Waals surface area contributed by atoms with E-state index in [1.807, 2.05) is 0 Å². The summed E-state index contributed by atoms with van der Waals surface area (Å²) in [5.74, 6) is 0. The zero-order valence-corrected chi connectivity index (χ0v) is 23.6. The first kappa shape index (κ1) is 27.8. The Hall–Kier alpha value is -1.72. The van der Waals surface area contributed by atoms with Gasteiger partial charge in [-0.3, -0.25) is 0 Å². The van der Waals surface area contributed by atoms with Gasteiger partial charge in [-0.2, -0.15) is 5.10 Å². The van der Waals surface area contributed by atoms with Crippen molar-refractivity contribution in [1.29, 1.82) is 0 Å². The van der Waals surface area contributed by atoms with Crippen LogP contribution in [0.15, 0.2) is 48.9 Å². The minimum Gasteiger partial charge on any atom is -0.383 e. The van der Waals surface area contributed by atoms with Gasteiger partial charge in [0.05, 0.1) is 31.4 Å². The van der Waals surface area contributed by atoms with Crippen LogP contribution in [0.1, 0.15) is 24.3 Å². The highest BCUT2D eigenvalue weighted by Gasteiger charge is 2.55. The van der Waals surface area contributed by atoms with E-state index in [9.17, 15) is 5.11 Å². The summed E-state index contributed by atoms with van der Waals surface area (Å²) in [6.45, 7) is 1.99. The lowest BCUT2D eigenvalue weighted by Crippen LogP contribution is -2.46. The van der Waals surface area contributed by atoms with Crippen LogP contribution in [-0.2, 0) is 27.4 Å². The van der Waals surface area contributed by atoms with Crippen molar-refractivity contribution < 1.29 is 19.3 Å². The maximum absolute atomic E-state index is 11.7. The van der Waals surface area contributed by atoms with Gasteiger partial charge in [0.2, 0.25) is 0 Å². The van der Waals surface area contributed by atoms with Crippen molar-refractivity contribution in [1.82, 2.24) is 19.7 Å². The molecule has 0 aliphatic carbocycles. The molecule has 13 heteroatoms. The standard InChI is InChI=1S/C25H21Cl5N4O4/c1-25(35)21(37-10-14-3-5-16(27)7-19(14)29)20(11-36-9-13-2-4-15(26)6-18(13)28)38-24(25)34-23-17(8-33-34)22(30)31-12-32-23/h2-8,12,20-21,24,35H,9-11H2,1H3/t20-,21-,24?,25-/m1/s1. The van der Waals surface area contributed by atoms with E-state index < -0.39 is 24.0 Å². The average molecular weight is 619 g/mol. The molecule has 1 fully saturated rings. The van der Waals surface area contributed by atoms with Crippen molar-refractivity contribution in [2.45, 2.75) is 44.2 Å². The molecule has 0 radical (unpaired) electrons. The minimum atomic E-state index is -1.55. The number of halogens is 5. The molecule has 4 aromatic rings. The zero-order chi connectivity index (χ0) is 27.0. The highest BCUT2D eigenvalue weighted by molar-refractivity contribution is 6.35. The Morgan fingerprint density at radius 1 is 0.974 bits per heavy atom. The predicted octanol–water partition coefficient (Wildman–Crippen LogP) is 6.54. The average Bonchev–Trinajstić information content (AvgIpc) is 3.39. The molecule has 8 nitrogen and oxygen atoms in total. The number of aromatic nitrogens is 4. The molecule has 0 saturated carbocycles. The highest BCUT2D eigenvalue weighted by Crippen LogP contribution is 2.42. The summed E-state index contributed by atoms with van der Waals surface area (Å²) < 4.78 is 19.9. The highest BCUT2D eigenvalue weighted by atomic mass is 35.5. The van der Waals surface area contributed by atoms with E-state index in [1.54, 1.807) is 43.3 Å². The van der Waals surface area contributed by atoms with Gasteiger partial charge in [-0.25, -0.2) is 14.6 Å². The summed E-state index contributed by atoms with van der Waals surface area (Å²) >= 11 is 30.9. The molecule has 200 valence electrons. The molecule has 5 rings (SSSR count). The van der Waals surface area contributed by atoms with Crippen LogP contribution in [-0.4, -0.2) is 49.3 Å². The Labute approximate surface area is 243 Å². The van der Waals surface area contributed by atoms with Crippen LogP contribution in [0.3, 0.4) is 0 Å². The lowest BCUT2D eigenvalue weighted by molar-refractivity contribution is -0.116. The Balaban J connectivity index is 1.40. The fourth-order valence-electron chi connectivity index (χ4n) is 4.35. The molecule has 0 amide bonds. The Bertz CT molecular complexity index is 1470. The third kappa shape index (κ3) is 5.61. The molecule has 0 bridgehead atoms. The van der Waals surface area contributed by atoms with Crippen molar-refractivity contribution in [3.05, 3.63) is 85.3 Å². The molecule has 1 saturated heterocycles. The molecule has 1 N–H and O–H groups in total. The van der Waals surface area contributed by atoms with Crippen LogP contribution < -0.4 is 0 Å². The number of ether oxygens (including phenoxy) is 3. The second-order valence-corrected chi connectivity index (χ2v) is 11.0. The minimum absolute atomic E-state index is 0.0829. The van der Waals surface area contributed by atoms with Gasteiger partial charge in [0.1, 0.15) is 29.3 Å². The van der Waals surface area contributed by atoms with Gasteiger partial charge in [0, 0.05) is 20.1 Å². The molecule has 2 aromatic heterocycles. The zero-order valence-electron chi connectivity index (χ0n) is 19.8. The Morgan fingerprint density at radius 3 is 2.29 bits per heavy atom. The van der Waals surface area contributed by atoms with Gasteiger partial charge in [-0.05, 0) is 42.3 Å². The smallest absolute Gasteiger partial charge is 0.183 e. The van der Waals surface area contributed by atoms with Crippen molar-refractivity contribution in [3.8, 4) is 0 Å². The van der Waals surface area contributed by atoms with Crippen LogP contribution in [0, 0.1) is 0 Å². The summed E-state index contributed by atoms with van der Waals surface area (Å²) in [6, 6.07) is 10.3. The monoisotopic (exact) mass is 616 g/mol. The lowest BCUT2D eigenvalue weighted by Gasteiger charge is -2.30. The second kappa shape index (κ2) is 11.4. The molecule has 3 heterocycles. The van der Waals surface area contributed by atoms with E-state index in [0.29, 0.717) is 36.7 Å². The summed E-state index contributed by atoms with van der Waals surface area (Å²) in [4.78, 5) is 8.27. The maximum atomic E-state index is 11.7. The first-order valence-electron chi connectivity index (χ1n) is 11.4. The van der Waals surface area contributed by atoms with E-state index in [0.717, 1.165) is 5.56 Å². The topological polar surface area (TPSA) is 91.5 Å². The van der Waals surface area contributed by atoms with E-state index in [-0.39, 0.29) is 25.0 Å². The maximum Gasteiger partial charge on any atom is 0.183 e. The molecule has 1 aliphatic rings. The number of benzene rings is 2.